The Labute approximate surface area is 115 Å². The third kappa shape index (κ3) is 2.12. The number of piperidine rings is 1. The molecule has 2 aliphatic rings. The highest BCUT2D eigenvalue weighted by molar-refractivity contribution is 5.28. The van der Waals surface area contributed by atoms with E-state index in [1.165, 1.54) is 0 Å². The summed E-state index contributed by atoms with van der Waals surface area (Å²) < 4.78 is 45.7. The van der Waals surface area contributed by atoms with E-state index in [0.717, 1.165) is 6.07 Å². The van der Waals surface area contributed by atoms with Gasteiger partial charge in [0.05, 0.1) is 18.8 Å². The van der Waals surface area contributed by atoms with E-state index in [1.54, 1.807) is 0 Å². The van der Waals surface area contributed by atoms with Crippen molar-refractivity contribution >= 4 is 0 Å². The molecular weight excluding hydrogens is 271 g/mol. The predicted octanol–water partition coefficient (Wildman–Crippen LogP) is 1.78. The van der Waals surface area contributed by atoms with E-state index in [9.17, 15) is 18.3 Å². The van der Waals surface area contributed by atoms with Gasteiger partial charge in [0.1, 0.15) is 5.82 Å². The summed E-state index contributed by atoms with van der Waals surface area (Å²) in [5, 5.41) is 10.8. The Bertz CT molecular complexity index is 523. The molecule has 20 heavy (non-hydrogen) atoms. The van der Waals surface area contributed by atoms with Crippen LogP contribution in [0.2, 0.25) is 0 Å². The molecule has 2 bridgehead atoms. The lowest BCUT2D eigenvalue weighted by molar-refractivity contribution is -0.138. The number of nitrogens with zero attached hydrogens (tertiary/aromatic N) is 1. The Hall–Kier alpha value is -1.11. The predicted molar refractivity (Wildman–Crippen MR) is 65.6 cm³/mol. The van der Waals surface area contributed by atoms with Crippen LogP contribution in [0, 0.1) is 17.5 Å². The molecule has 2 unspecified atom stereocenters. The zero-order valence-electron chi connectivity index (χ0n) is 11.1. The molecule has 2 saturated heterocycles. The van der Waals surface area contributed by atoms with Crippen LogP contribution in [0.1, 0.15) is 18.4 Å². The number of hydrogen-bond donors (Lipinski definition) is 1. The summed E-state index contributed by atoms with van der Waals surface area (Å²) in [4.78, 5) is 2.09. The molecule has 1 aromatic carbocycles. The lowest BCUT2D eigenvalue weighted by Crippen LogP contribution is -2.59. The lowest BCUT2D eigenvalue weighted by atomic mass is 9.77. The minimum Gasteiger partial charge on any atom is -0.385 e. The molecular formula is C14H16F3NO2. The first-order valence-electron chi connectivity index (χ1n) is 6.58. The van der Waals surface area contributed by atoms with Crippen molar-refractivity contribution in [2.45, 2.75) is 30.5 Å². The van der Waals surface area contributed by atoms with E-state index in [1.807, 2.05) is 7.05 Å². The Morgan fingerprint density at radius 3 is 2.25 bits per heavy atom. The number of benzene rings is 1. The number of likely N-dealkylation sites (N-methyl/N-ethyl adjacent to an activating group) is 1. The fraction of sp³-hybridized carbons (Fsp3) is 0.571. The van der Waals surface area contributed by atoms with Crippen molar-refractivity contribution in [3.05, 3.63) is 35.1 Å². The average Bonchev–Trinajstić information content (AvgIpc) is 2.36. The molecule has 2 heterocycles. The maximum Gasteiger partial charge on any atom is 0.161 e. The third-order valence-corrected chi connectivity index (χ3v) is 4.43. The van der Waals surface area contributed by atoms with Gasteiger partial charge in [0.15, 0.2) is 11.6 Å². The Kier molecular flexibility index (Phi) is 3.27. The Balaban J connectivity index is 1.99. The summed E-state index contributed by atoms with van der Waals surface area (Å²) in [6, 6.07) is 1.15. The molecule has 3 nitrogen and oxygen atoms in total. The van der Waals surface area contributed by atoms with Gasteiger partial charge in [-0.15, -0.1) is 0 Å². The van der Waals surface area contributed by atoms with Crippen LogP contribution < -0.4 is 0 Å². The van der Waals surface area contributed by atoms with Crippen molar-refractivity contribution < 1.29 is 23.0 Å². The van der Waals surface area contributed by atoms with Crippen LogP contribution in [0.25, 0.3) is 0 Å². The van der Waals surface area contributed by atoms with Crippen LogP contribution in [0.15, 0.2) is 12.1 Å². The fourth-order valence-electron chi connectivity index (χ4n) is 3.24. The highest BCUT2D eigenvalue weighted by Crippen LogP contribution is 2.41. The number of ether oxygens (including phenoxy) is 1. The van der Waals surface area contributed by atoms with Gasteiger partial charge in [0.25, 0.3) is 0 Å². The molecule has 2 atom stereocenters. The van der Waals surface area contributed by atoms with Gasteiger partial charge in [-0.3, -0.25) is 4.90 Å². The molecule has 1 N–H and O–H groups in total. The van der Waals surface area contributed by atoms with Crippen molar-refractivity contribution in [1.29, 1.82) is 0 Å². The van der Waals surface area contributed by atoms with Crippen LogP contribution in [0.4, 0.5) is 13.2 Å². The van der Waals surface area contributed by atoms with Gasteiger partial charge in [-0.05, 0) is 26.0 Å². The van der Waals surface area contributed by atoms with E-state index in [0.29, 0.717) is 19.3 Å². The molecule has 1 aromatic rings. The SMILES string of the molecule is CN1C2COCC1CC(O)(c1cc(F)c(F)cc1F)C2. The molecule has 0 amide bonds. The molecule has 6 heteroatoms. The minimum atomic E-state index is -1.48. The number of aliphatic hydroxyl groups is 1. The second-order valence-corrected chi connectivity index (χ2v) is 5.70. The molecule has 0 aromatic heterocycles. The van der Waals surface area contributed by atoms with E-state index >= 15 is 0 Å². The van der Waals surface area contributed by atoms with Crippen molar-refractivity contribution in [2.75, 3.05) is 20.3 Å². The van der Waals surface area contributed by atoms with Gasteiger partial charge in [0.2, 0.25) is 0 Å². The highest BCUT2D eigenvalue weighted by atomic mass is 19.2. The number of morpholine rings is 1. The molecule has 3 rings (SSSR count). The van der Waals surface area contributed by atoms with Gasteiger partial charge in [-0.25, -0.2) is 13.2 Å². The lowest BCUT2D eigenvalue weighted by Gasteiger charge is -2.50. The zero-order valence-corrected chi connectivity index (χ0v) is 11.1. The smallest absolute Gasteiger partial charge is 0.161 e. The van der Waals surface area contributed by atoms with Gasteiger partial charge in [-0.1, -0.05) is 0 Å². The van der Waals surface area contributed by atoms with Crippen molar-refractivity contribution in [3.8, 4) is 0 Å². The minimum absolute atomic E-state index is 0.0555. The van der Waals surface area contributed by atoms with Gasteiger partial charge < -0.3 is 9.84 Å². The standard InChI is InChI=1S/C14H16F3NO2/c1-18-8-4-14(19,5-9(18)7-20-6-8)10-2-12(16)13(17)3-11(10)15/h2-3,8-9,19H,4-7H2,1H3. The second kappa shape index (κ2) is 4.72. The van der Waals surface area contributed by atoms with E-state index in [-0.39, 0.29) is 30.5 Å². The number of hydrogen-bond acceptors (Lipinski definition) is 3. The summed E-state index contributed by atoms with van der Waals surface area (Å²) >= 11 is 0. The van der Waals surface area contributed by atoms with Crippen molar-refractivity contribution in [3.63, 3.8) is 0 Å². The van der Waals surface area contributed by atoms with E-state index in [2.05, 4.69) is 4.90 Å². The number of halogens is 3. The Morgan fingerprint density at radius 1 is 1.10 bits per heavy atom. The quantitative estimate of drug-likeness (QED) is 0.799. The number of fused-ring (bicyclic) bond motifs is 2. The first kappa shape index (κ1) is 13.9. The summed E-state index contributed by atoms with van der Waals surface area (Å²) in [6.45, 7) is 0.890. The van der Waals surface area contributed by atoms with Crippen LogP contribution in [0.3, 0.4) is 0 Å². The first-order valence-corrected chi connectivity index (χ1v) is 6.58. The van der Waals surface area contributed by atoms with Crippen LogP contribution in [-0.2, 0) is 10.3 Å². The van der Waals surface area contributed by atoms with Gasteiger partial charge >= 0.3 is 0 Å². The van der Waals surface area contributed by atoms with Gasteiger partial charge in [0, 0.05) is 23.7 Å². The molecule has 2 aliphatic heterocycles. The summed E-state index contributed by atoms with van der Waals surface area (Å²) in [6.07, 6.45) is 0.476. The monoisotopic (exact) mass is 287 g/mol. The Morgan fingerprint density at radius 2 is 1.65 bits per heavy atom. The highest BCUT2D eigenvalue weighted by Gasteiger charge is 2.46. The van der Waals surface area contributed by atoms with Crippen LogP contribution in [-0.4, -0.2) is 42.4 Å². The zero-order chi connectivity index (χ0) is 14.5. The fourth-order valence-corrected chi connectivity index (χ4v) is 3.24. The summed E-state index contributed by atoms with van der Waals surface area (Å²) in [5.41, 5.74) is -1.65. The molecule has 0 aliphatic carbocycles. The van der Waals surface area contributed by atoms with Gasteiger partial charge in [-0.2, -0.15) is 0 Å². The first-order chi connectivity index (χ1) is 9.40. The molecule has 0 radical (unpaired) electrons. The third-order valence-electron chi connectivity index (χ3n) is 4.43. The van der Waals surface area contributed by atoms with Crippen LogP contribution in [0.5, 0.6) is 0 Å². The average molecular weight is 287 g/mol. The molecule has 0 saturated carbocycles. The summed E-state index contributed by atoms with van der Waals surface area (Å²) in [5.74, 6) is -3.29. The molecule has 2 fully saturated rings. The largest absolute Gasteiger partial charge is 0.385 e. The molecule has 0 spiro atoms. The molecule has 110 valence electrons. The van der Waals surface area contributed by atoms with Crippen molar-refractivity contribution in [2.24, 2.45) is 0 Å². The van der Waals surface area contributed by atoms with Crippen LogP contribution >= 0.6 is 0 Å². The maximum absolute atomic E-state index is 13.9. The number of rotatable bonds is 1. The maximum atomic E-state index is 13.9. The van der Waals surface area contributed by atoms with E-state index in [4.69, 9.17) is 4.74 Å². The summed E-state index contributed by atoms with van der Waals surface area (Å²) in [7, 11) is 1.93. The normalized spacial score (nSPS) is 34.2. The van der Waals surface area contributed by atoms with E-state index < -0.39 is 23.1 Å². The second-order valence-electron chi connectivity index (χ2n) is 5.70. The van der Waals surface area contributed by atoms with Crippen molar-refractivity contribution in [1.82, 2.24) is 4.90 Å². The topological polar surface area (TPSA) is 32.7 Å².